The van der Waals surface area contributed by atoms with Crippen LogP contribution in [0.1, 0.15) is 27.7 Å². The summed E-state index contributed by atoms with van der Waals surface area (Å²) >= 11 is 1.84. The molecular weight excluding hydrogens is 252 g/mol. The van der Waals surface area contributed by atoms with Crippen molar-refractivity contribution in [3.05, 3.63) is 0 Å². The van der Waals surface area contributed by atoms with Crippen molar-refractivity contribution in [3.63, 3.8) is 0 Å². The predicted molar refractivity (Wildman–Crippen MR) is 72.7 cm³/mol. The maximum Gasteiger partial charge on any atom is 0.408 e. The minimum atomic E-state index is -0.547. The number of nitrogens with one attached hydrogen (secondary N) is 1. The standard InChI is InChI=1S/C12H22N2O3S/c1-9(13-11(16)17-12(2,3)4)10(15)14-5-7-18-8-6-14/h9H,5-8H2,1-4H3,(H,13,16)/t9-/m0/s1. The van der Waals surface area contributed by atoms with Crippen LogP contribution in [-0.2, 0) is 9.53 Å². The molecule has 1 atom stereocenters. The summed E-state index contributed by atoms with van der Waals surface area (Å²) in [5.41, 5.74) is -0.547. The summed E-state index contributed by atoms with van der Waals surface area (Å²) in [5, 5.41) is 2.57. The lowest BCUT2D eigenvalue weighted by Gasteiger charge is -2.29. The number of nitrogens with zero attached hydrogens (tertiary/aromatic N) is 1. The SMILES string of the molecule is C[C@H](NC(=O)OC(C)(C)C)C(=O)N1CCSCC1. The number of hydrogen-bond acceptors (Lipinski definition) is 4. The lowest BCUT2D eigenvalue weighted by atomic mass is 10.2. The summed E-state index contributed by atoms with van der Waals surface area (Å²) in [7, 11) is 0. The van der Waals surface area contributed by atoms with E-state index in [1.54, 1.807) is 32.6 Å². The quantitative estimate of drug-likeness (QED) is 0.828. The summed E-state index contributed by atoms with van der Waals surface area (Å²) in [5.74, 6) is 1.89. The molecule has 0 unspecified atom stereocenters. The first-order valence-corrected chi connectivity index (χ1v) is 7.31. The van der Waals surface area contributed by atoms with Gasteiger partial charge in [0, 0.05) is 24.6 Å². The molecule has 1 saturated heterocycles. The van der Waals surface area contributed by atoms with Crippen LogP contribution in [0.25, 0.3) is 0 Å². The molecule has 2 amide bonds. The molecule has 0 bridgehead atoms. The Kier molecular flexibility index (Phi) is 5.31. The van der Waals surface area contributed by atoms with Gasteiger partial charge >= 0.3 is 6.09 Å². The van der Waals surface area contributed by atoms with E-state index in [1.165, 1.54) is 0 Å². The highest BCUT2D eigenvalue weighted by atomic mass is 32.2. The molecule has 18 heavy (non-hydrogen) atoms. The number of amides is 2. The first-order valence-electron chi connectivity index (χ1n) is 6.15. The van der Waals surface area contributed by atoms with Gasteiger partial charge in [0.25, 0.3) is 0 Å². The van der Waals surface area contributed by atoms with Crippen molar-refractivity contribution < 1.29 is 14.3 Å². The summed E-state index contributed by atoms with van der Waals surface area (Å²) in [6.07, 6.45) is -0.547. The van der Waals surface area contributed by atoms with Crippen molar-refractivity contribution in [2.24, 2.45) is 0 Å². The van der Waals surface area contributed by atoms with Crippen molar-refractivity contribution in [3.8, 4) is 0 Å². The topological polar surface area (TPSA) is 58.6 Å². The molecule has 0 aromatic carbocycles. The van der Waals surface area contributed by atoms with Gasteiger partial charge in [-0.3, -0.25) is 4.79 Å². The van der Waals surface area contributed by atoms with Crippen molar-refractivity contribution >= 4 is 23.8 Å². The third kappa shape index (κ3) is 5.16. The maximum atomic E-state index is 12.0. The lowest BCUT2D eigenvalue weighted by molar-refractivity contribution is -0.132. The lowest BCUT2D eigenvalue weighted by Crippen LogP contribution is -2.50. The fourth-order valence-electron chi connectivity index (χ4n) is 1.60. The number of hydrogen-bond donors (Lipinski definition) is 1. The molecule has 1 rings (SSSR count). The molecule has 6 heteroatoms. The van der Waals surface area contributed by atoms with Crippen LogP contribution in [0.4, 0.5) is 4.79 Å². The Hall–Kier alpha value is -0.910. The average Bonchev–Trinajstić information content (AvgIpc) is 2.26. The Labute approximate surface area is 113 Å². The Balaban J connectivity index is 2.41. The molecule has 1 heterocycles. The molecule has 104 valence electrons. The van der Waals surface area contributed by atoms with Gasteiger partial charge in [-0.2, -0.15) is 11.8 Å². The molecule has 0 spiro atoms. The van der Waals surface area contributed by atoms with E-state index >= 15 is 0 Å². The van der Waals surface area contributed by atoms with E-state index < -0.39 is 17.7 Å². The number of ether oxygens (including phenoxy) is 1. The Bertz CT molecular complexity index is 309. The van der Waals surface area contributed by atoms with Gasteiger partial charge in [0.2, 0.25) is 5.91 Å². The zero-order valence-electron chi connectivity index (χ0n) is 11.5. The predicted octanol–water partition coefficient (Wildman–Crippen LogP) is 1.48. The van der Waals surface area contributed by atoms with Crippen LogP contribution in [-0.4, -0.2) is 53.1 Å². The van der Waals surface area contributed by atoms with Gasteiger partial charge in [0.15, 0.2) is 0 Å². The smallest absolute Gasteiger partial charge is 0.408 e. The first kappa shape index (κ1) is 15.1. The monoisotopic (exact) mass is 274 g/mol. The summed E-state index contributed by atoms with van der Waals surface area (Å²) in [6, 6.07) is -0.539. The van der Waals surface area contributed by atoms with Gasteiger partial charge in [-0.05, 0) is 27.7 Å². The van der Waals surface area contributed by atoms with Gasteiger partial charge < -0.3 is 15.0 Å². The van der Waals surface area contributed by atoms with E-state index in [4.69, 9.17) is 4.74 Å². The fraction of sp³-hybridized carbons (Fsp3) is 0.833. The second kappa shape index (κ2) is 6.31. The first-order chi connectivity index (χ1) is 8.29. The van der Waals surface area contributed by atoms with Crippen molar-refractivity contribution in [2.45, 2.75) is 39.3 Å². The van der Waals surface area contributed by atoms with E-state index in [9.17, 15) is 9.59 Å². The largest absolute Gasteiger partial charge is 0.444 e. The van der Waals surface area contributed by atoms with Crippen LogP contribution in [0.5, 0.6) is 0 Å². The van der Waals surface area contributed by atoms with Gasteiger partial charge in [0.1, 0.15) is 11.6 Å². The Morgan fingerprint density at radius 2 is 1.83 bits per heavy atom. The van der Waals surface area contributed by atoms with Gasteiger partial charge in [-0.1, -0.05) is 0 Å². The minimum absolute atomic E-state index is 0.0406. The Morgan fingerprint density at radius 3 is 2.33 bits per heavy atom. The van der Waals surface area contributed by atoms with Crippen LogP contribution in [0.2, 0.25) is 0 Å². The van der Waals surface area contributed by atoms with Crippen molar-refractivity contribution in [2.75, 3.05) is 24.6 Å². The number of rotatable bonds is 2. The maximum absolute atomic E-state index is 12.0. The van der Waals surface area contributed by atoms with Gasteiger partial charge in [-0.15, -0.1) is 0 Å². The number of carbonyl (C=O) groups excluding carboxylic acids is 2. The molecule has 0 radical (unpaired) electrons. The normalized spacial score (nSPS) is 18.1. The molecule has 0 aromatic rings. The van der Waals surface area contributed by atoms with E-state index in [-0.39, 0.29) is 5.91 Å². The van der Waals surface area contributed by atoms with Crippen LogP contribution in [0.15, 0.2) is 0 Å². The second-order valence-electron chi connectivity index (χ2n) is 5.31. The van der Waals surface area contributed by atoms with Crippen LogP contribution >= 0.6 is 11.8 Å². The highest BCUT2D eigenvalue weighted by Crippen LogP contribution is 2.11. The van der Waals surface area contributed by atoms with E-state index in [1.807, 2.05) is 11.8 Å². The minimum Gasteiger partial charge on any atom is -0.444 e. The highest BCUT2D eigenvalue weighted by molar-refractivity contribution is 7.99. The molecule has 1 N–H and O–H groups in total. The Morgan fingerprint density at radius 1 is 1.28 bits per heavy atom. The average molecular weight is 274 g/mol. The molecule has 5 nitrogen and oxygen atoms in total. The molecule has 0 aliphatic carbocycles. The van der Waals surface area contributed by atoms with Crippen LogP contribution in [0.3, 0.4) is 0 Å². The molecule has 1 fully saturated rings. The number of alkyl carbamates (subject to hydrolysis) is 1. The molecular formula is C12H22N2O3S. The van der Waals surface area contributed by atoms with E-state index in [2.05, 4.69) is 5.32 Å². The van der Waals surface area contributed by atoms with E-state index in [0.29, 0.717) is 0 Å². The van der Waals surface area contributed by atoms with Gasteiger partial charge in [-0.25, -0.2) is 4.79 Å². The molecule has 1 aliphatic heterocycles. The number of carbonyl (C=O) groups is 2. The zero-order valence-corrected chi connectivity index (χ0v) is 12.3. The summed E-state index contributed by atoms with van der Waals surface area (Å²) in [6.45, 7) is 8.57. The highest BCUT2D eigenvalue weighted by Gasteiger charge is 2.25. The third-order valence-electron chi connectivity index (χ3n) is 2.43. The molecule has 0 aromatic heterocycles. The second-order valence-corrected chi connectivity index (χ2v) is 6.53. The van der Waals surface area contributed by atoms with Crippen LogP contribution < -0.4 is 5.32 Å². The molecule has 0 saturated carbocycles. The van der Waals surface area contributed by atoms with Crippen LogP contribution in [0, 0.1) is 0 Å². The summed E-state index contributed by atoms with van der Waals surface area (Å²) in [4.78, 5) is 25.4. The fourth-order valence-corrected chi connectivity index (χ4v) is 2.51. The summed E-state index contributed by atoms with van der Waals surface area (Å²) < 4.78 is 5.12. The van der Waals surface area contributed by atoms with E-state index in [0.717, 1.165) is 24.6 Å². The third-order valence-corrected chi connectivity index (χ3v) is 3.37. The zero-order chi connectivity index (χ0) is 13.8. The molecule has 1 aliphatic rings. The van der Waals surface area contributed by atoms with Crippen molar-refractivity contribution in [1.82, 2.24) is 10.2 Å². The van der Waals surface area contributed by atoms with Crippen molar-refractivity contribution in [1.29, 1.82) is 0 Å². The van der Waals surface area contributed by atoms with Gasteiger partial charge in [0.05, 0.1) is 0 Å². The number of thioether (sulfide) groups is 1.